The molecule has 27 heavy (non-hydrogen) atoms. The molecule has 1 saturated heterocycles. The molecule has 2 atom stereocenters. The molecule has 3 rings (SSSR count). The Kier molecular flexibility index (Phi) is 6.99. The van der Waals surface area contributed by atoms with E-state index in [0.29, 0.717) is 18.0 Å². The van der Waals surface area contributed by atoms with Crippen LogP contribution in [0.1, 0.15) is 38.2 Å². The number of carbonyl (C=O) groups is 1. The van der Waals surface area contributed by atoms with E-state index in [9.17, 15) is 9.18 Å². The Bertz CT molecular complexity index is 728. The molecule has 0 aromatic heterocycles. The standard InChI is InChI=1S/C23H29FN2O/c1-2-23(27)26(22-13-7-6-12-20(22)24)21(19-11-8-16-25-17-19)15-14-18-9-4-3-5-10-18/h3-7,9-10,12-13,19,21,25H,2,8,11,14-17H2,1H3. The van der Waals surface area contributed by atoms with Crippen LogP contribution in [0.5, 0.6) is 0 Å². The lowest BCUT2D eigenvalue weighted by molar-refractivity contribution is -0.119. The first kappa shape index (κ1) is 19.6. The Labute approximate surface area is 161 Å². The molecule has 2 aromatic carbocycles. The lowest BCUT2D eigenvalue weighted by atomic mass is 9.86. The Morgan fingerprint density at radius 2 is 1.93 bits per heavy atom. The topological polar surface area (TPSA) is 32.3 Å². The van der Waals surface area contributed by atoms with Crippen LogP contribution >= 0.6 is 0 Å². The van der Waals surface area contributed by atoms with Crippen molar-refractivity contribution in [2.45, 2.75) is 45.1 Å². The number of hydrogen-bond acceptors (Lipinski definition) is 2. The van der Waals surface area contributed by atoms with Gasteiger partial charge in [-0.25, -0.2) is 4.39 Å². The number of nitrogens with one attached hydrogen (secondary N) is 1. The second kappa shape index (κ2) is 9.65. The van der Waals surface area contributed by atoms with Gasteiger partial charge < -0.3 is 10.2 Å². The molecule has 0 radical (unpaired) electrons. The van der Waals surface area contributed by atoms with Gasteiger partial charge in [-0.1, -0.05) is 49.4 Å². The summed E-state index contributed by atoms with van der Waals surface area (Å²) in [6.07, 6.45) is 4.24. The molecule has 1 amide bonds. The van der Waals surface area contributed by atoms with E-state index in [1.807, 2.05) is 31.2 Å². The summed E-state index contributed by atoms with van der Waals surface area (Å²) in [5.74, 6) is -0.00548. The summed E-state index contributed by atoms with van der Waals surface area (Å²) in [5, 5.41) is 3.46. The summed E-state index contributed by atoms with van der Waals surface area (Å²) in [4.78, 5) is 14.6. The van der Waals surface area contributed by atoms with Crippen molar-refractivity contribution < 1.29 is 9.18 Å². The van der Waals surface area contributed by atoms with Crippen LogP contribution in [0.15, 0.2) is 54.6 Å². The average molecular weight is 368 g/mol. The van der Waals surface area contributed by atoms with Crippen LogP contribution < -0.4 is 10.2 Å². The van der Waals surface area contributed by atoms with Crippen LogP contribution in [-0.4, -0.2) is 25.0 Å². The molecule has 2 unspecified atom stereocenters. The van der Waals surface area contributed by atoms with Gasteiger partial charge in [-0.15, -0.1) is 0 Å². The van der Waals surface area contributed by atoms with E-state index < -0.39 is 0 Å². The zero-order chi connectivity index (χ0) is 19.1. The second-order valence-corrected chi connectivity index (χ2v) is 7.27. The fourth-order valence-electron chi connectivity index (χ4n) is 4.06. The largest absolute Gasteiger partial charge is 0.316 e. The van der Waals surface area contributed by atoms with Gasteiger partial charge in [0, 0.05) is 12.5 Å². The zero-order valence-corrected chi connectivity index (χ0v) is 16.0. The third-order valence-electron chi connectivity index (χ3n) is 5.47. The summed E-state index contributed by atoms with van der Waals surface area (Å²) < 4.78 is 14.6. The highest BCUT2D eigenvalue weighted by Crippen LogP contribution is 2.30. The summed E-state index contributed by atoms with van der Waals surface area (Å²) in [6.45, 7) is 3.74. The van der Waals surface area contributed by atoms with Gasteiger partial charge in [-0.2, -0.15) is 0 Å². The van der Waals surface area contributed by atoms with Crippen LogP contribution in [0, 0.1) is 11.7 Å². The molecule has 144 valence electrons. The summed E-state index contributed by atoms with van der Waals surface area (Å²) in [5.41, 5.74) is 1.66. The number of carbonyl (C=O) groups excluding carboxylic acids is 1. The fraction of sp³-hybridized carbons (Fsp3) is 0.435. The molecule has 0 spiro atoms. The van der Waals surface area contributed by atoms with Crippen LogP contribution in [0.3, 0.4) is 0 Å². The van der Waals surface area contributed by atoms with E-state index in [2.05, 4.69) is 17.4 Å². The molecule has 0 bridgehead atoms. The number of hydrogen-bond donors (Lipinski definition) is 1. The Morgan fingerprint density at radius 3 is 2.59 bits per heavy atom. The van der Waals surface area contributed by atoms with Crippen molar-refractivity contribution in [1.82, 2.24) is 5.32 Å². The van der Waals surface area contributed by atoms with Crippen molar-refractivity contribution in [3.63, 3.8) is 0 Å². The minimum absolute atomic E-state index is 0.0104. The molecule has 1 fully saturated rings. The van der Waals surface area contributed by atoms with Crippen molar-refractivity contribution in [3.05, 3.63) is 66.0 Å². The van der Waals surface area contributed by atoms with E-state index >= 15 is 0 Å². The summed E-state index contributed by atoms with van der Waals surface area (Å²) in [7, 11) is 0. The van der Waals surface area contributed by atoms with Crippen molar-refractivity contribution >= 4 is 11.6 Å². The number of nitrogens with zero attached hydrogens (tertiary/aromatic N) is 1. The average Bonchev–Trinajstić information content (AvgIpc) is 2.73. The number of piperidine rings is 1. The smallest absolute Gasteiger partial charge is 0.227 e. The summed E-state index contributed by atoms with van der Waals surface area (Å²) >= 11 is 0. The zero-order valence-electron chi connectivity index (χ0n) is 16.0. The molecule has 0 aliphatic carbocycles. The predicted molar refractivity (Wildman–Crippen MR) is 108 cm³/mol. The van der Waals surface area contributed by atoms with Gasteiger partial charge in [0.15, 0.2) is 0 Å². The van der Waals surface area contributed by atoms with E-state index in [1.165, 1.54) is 11.6 Å². The van der Waals surface area contributed by atoms with Gasteiger partial charge in [-0.05, 0) is 62.4 Å². The first-order valence-electron chi connectivity index (χ1n) is 10.0. The monoisotopic (exact) mass is 368 g/mol. The molecule has 1 aliphatic heterocycles. The lowest BCUT2D eigenvalue weighted by Crippen LogP contribution is -2.49. The van der Waals surface area contributed by atoms with E-state index in [1.54, 1.807) is 17.0 Å². The number of aryl methyl sites for hydroxylation is 1. The quantitative estimate of drug-likeness (QED) is 0.776. The minimum atomic E-state index is -0.326. The first-order chi connectivity index (χ1) is 13.2. The Balaban J connectivity index is 1.91. The number of anilines is 1. The highest BCUT2D eigenvalue weighted by molar-refractivity contribution is 5.94. The number of rotatable bonds is 7. The number of halogens is 1. The number of benzene rings is 2. The van der Waals surface area contributed by atoms with Gasteiger partial charge >= 0.3 is 0 Å². The lowest BCUT2D eigenvalue weighted by Gasteiger charge is -2.39. The van der Waals surface area contributed by atoms with E-state index in [0.717, 1.165) is 38.8 Å². The molecule has 3 nitrogen and oxygen atoms in total. The van der Waals surface area contributed by atoms with Gasteiger partial charge in [0.1, 0.15) is 5.82 Å². The highest BCUT2D eigenvalue weighted by atomic mass is 19.1. The highest BCUT2D eigenvalue weighted by Gasteiger charge is 2.33. The van der Waals surface area contributed by atoms with Gasteiger partial charge in [-0.3, -0.25) is 4.79 Å². The van der Waals surface area contributed by atoms with Gasteiger partial charge in [0.05, 0.1) is 5.69 Å². The molecule has 1 heterocycles. The van der Waals surface area contributed by atoms with E-state index in [-0.39, 0.29) is 17.8 Å². The first-order valence-corrected chi connectivity index (χ1v) is 10.0. The maximum atomic E-state index is 14.6. The molecule has 2 aromatic rings. The maximum absolute atomic E-state index is 14.6. The van der Waals surface area contributed by atoms with Crippen LogP contribution in [0.2, 0.25) is 0 Å². The molecule has 4 heteroatoms. The molecule has 1 aliphatic rings. The van der Waals surface area contributed by atoms with Gasteiger partial charge in [0.25, 0.3) is 0 Å². The molecular formula is C23H29FN2O. The van der Waals surface area contributed by atoms with Crippen molar-refractivity contribution in [1.29, 1.82) is 0 Å². The number of para-hydroxylation sites is 1. The fourth-order valence-corrected chi connectivity index (χ4v) is 4.06. The minimum Gasteiger partial charge on any atom is -0.316 e. The maximum Gasteiger partial charge on any atom is 0.227 e. The van der Waals surface area contributed by atoms with Crippen LogP contribution in [0.4, 0.5) is 10.1 Å². The third kappa shape index (κ3) is 4.95. The Morgan fingerprint density at radius 1 is 1.19 bits per heavy atom. The van der Waals surface area contributed by atoms with Crippen molar-refractivity contribution in [2.24, 2.45) is 5.92 Å². The van der Waals surface area contributed by atoms with Crippen LogP contribution in [-0.2, 0) is 11.2 Å². The Hall–Kier alpha value is -2.20. The van der Waals surface area contributed by atoms with Crippen molar-refractivity contribution in [3.8, 4) is 0 Å². The molecular weight excluding hydrogens is 339 g/mol. The molecule has 0 saturated carbocycles. The van der Waals surface area contributed by atoms with Gasteiger partial charge in [0.2, 0.25) is 5.91 Å². The SMILES string of the molecule is CCC(=O)N(c1ccccc1F)C(CCc1ccccc1)C1CCCNC1. The van der Waals surface area contributed by atoms with Crippen LogP contribution in [0.25, 0.3) is 0 Å². The number of amides is 1. The second-order valence-electron chi connectivity index (χ2n) is 7.27. The summed E-state index contributed by atoms with van der Waals surface area (Å²) in [6, 6.07) is 17.0. The third-order valence-corrected chi connectivity index (χ3v) is 5.47. The van der Waals surface area contributed by atoms with E-state index in [4.69, 9.17) is 0 Å². The van der Waals surface area contributed by atoms with Crippen molar-refractivity contribution in [2.75, 3.05) is 18.0 Å². The predicted octanol–water partition coefficient (Wildman–Crippen LogP) is 4.57. The normalized spacial score (nSPS) is 18.1. The molecule has 1 N–H and O–H groups in total.